The van der Waals surface area contributed by atoms with Crippen LogP contribution in [-0.4, -0.2) is 21.4 Å². The van der Waals surface area contributed by atoms with Gasteiger partial charge in [-0.15, -0.1) is 0 Å². The Kier molecular flexibility index (Phi) is 4.74. The SMILES string of the molecule is C/C=C/C=C/C(=O)NNC(=O)c1ccc2c(=O)n3c(nc2c1)CCC3. The van der Waals surface area contributed by atoms with Crippen molar-refractivity contribution in [2.75, 3.05) is 0 Å². The molecule has 0 aliphatic carbocycles. The maximum Gasteiger partial charge on any atom is 0.269 e. The summed E-state index contributed by atoms with van der Waals surface area (Å²) < 4.78 is 1.68. The lowest BCUT2D eigenvalue weighted by atomic mass is 10.1. The van der Waals surface area contributed by atoms with Crippen molar-refractivity contribution in [1.82, 2.24) is 20.4 Å². The van der Waals surface area contributed by atoms with E-state index in [9.17, 15) is 14.4 Å². The van der Waals surface area contributed by atoms with E-state index in [-0.39, 0.29) is 5.56 Å². The molecule has 1 aromatic heterocycles. The molecule has 1 aliphatic rings. The first-order chi connectivity index (χ1) is 12.1. The molecule has 7 heteroatoms. The number of hydrogen-bond donors (Lipinski definition) is 2. The first-order valence-electron chi connectivity index (χ1n) is 8.03. The Bertz CT molecular complexity index is 957. The number of benzene rings is 1. The Hall–Kier alpha value is -3.22. The second-order valence-electron chi connectivity index (χ2n) is 5.65. The van der Waals surface area contributed by atoms with Crippen LogP contribution in [0.25, 0.3) is 10.9 Å². The summed E-state index contributed by atoms with van der Waals surface area (Å²) in [6.07, 6.45) is 8.01. The largest absolute Gasteiger partial charge is 0.296 e. The summed E-state index contributed by atoms with van der Waals surface area (Å²) in [5.41, 5.74) is 5.36. The zero-order chi connectivity index (χ0) is 17.8. The van der Waals surface area contributed by atoms with Crippen LogP contribution in [-0.2, 0) is 17.8 Å². The minimum Gasteiger partial charge on any atom is -0.296 e. The molecule has 3 rings (SSSR count). The van der Waals surface area contributed by atoms with Crippen LogP contribution in [0.3, 0.4) is 0 Å². The van der Waals surface area contributed by atoms with E-state index in [1.165, 1.54) is 6.08 Å². The molecule has 0 spiro atoms. The number of aromatic nitrogens is 2. The highest BCUT2D eigenvalue weighted by Crippen LogP contribution is 2.16. The maximum atomic E-state index is 12.4. The average Bonchev–Trinajstić information content (AvgIpc) is 3.08. The number of fused-ring (bicyclic) bond motifs is 2. The van der Waals surface area contributed by atoms with Crippen molar-refractivity contribution in [3.05, 3.63) is 64.2 Å². The summed E-state index contributed by atoms with van der Waals surface area (Å²) in [7, 11) is 0. The number of carbonyl (C=O) groups is 2. The predicted octanol–water partition coefficient (Wildman–Crippen LogP) is 1.24. The average molecular weight is 338 g/mol. The number of amides is 2. The number of hydrazine groups is 1. The van der Waals surface area contributed by atoms with E-state index in [0.717, 1.165) is 18.7 Å². The quantitative estimate of drug-likeness (QED) is 0.500. The molecule has 2 amide bonds. The number of nitrogens with one attached hydrogen (secondary N) is 2. The van der Waals surface area contributed by atoms with Crippen LogP contribution in [0.2, 0.25) is 0 Å². The molecule has 128 valence electrons. The zero-order valence-electron chi connectivity index (χ0n) is 13.8. The van der Waals surface area contributed by atoms with Crippen molar-refractivity contribution in [3.8, 4) is 0 Å². The van der Waals surface area contributed by atoms with Gasteiger partial charge in [0, 0.05) is 24.6 Å². The lowest BCUT2D eigenvalue weighted by Gasteiger charge is -2.08. The summed E-state index contributed by atoms with van der Waals surface area (Å²) in [6, 6.07) is 4.70. The Morgan fingerprint density at radius 1 is 1.24 bits per heavy atom. The van der Waals surface area contributed by atoms with Crippen molar-refractivity contribution in [1.29, 1.82) is 0 Å². The van der Waals surface area contributed by atoms with Gasteiger partial charge in [0.15, 0.2) is 0 Å². The molecule has 0 fully saturated rings. The van der Waals surface area contributed by atoms with Gasteiger partial charge in [0.2, 0.25) is 0 Å². The summed E-state index contributed by atoms with van der Waals surface area (Å²) in [5, 5.41) is 0.487. The molecule has 0 radical (unpaired) electrons. The van der Waals surface area contributed by atoms with Gasteiger partial charge in [-0.3, -0.25) is 29.8 Å². The first kappa shape index (κ1) is 16.6. The van der Waals surface area contributed by atoms with Crippen LogP contribution < -0.4 is 16.4 Å². The van der Waals surface area contributed by atoms with Gasteiger partial charge in [-0.1, -0.05) is 18.2 Å². The molecule has 7 nitrogen and oxygen atoms in total. The molecule has 1 aliphatic heterocycles. The van der Waals surface area contributed by atoms with E-state index >= 15 is 0 Å². The molecule has 0 saturated carbocycles. The molecular formula is C18H18N4O3. The summed E-state index contributed by atoms with van der Waals surface area (Å²) in [6.45, 7) is 2.52. The Morgan fingerprint density at radius 3 is 2.88 bits per heavy atom. The van der Waals surface area contributed by atoms with Crippen LogP contribution in [0.15, 0.2) is 47.3 Å². The normalized spacial score (nSPS) is 13.5. The minimum atomic E-state index is -0.475. The molecule has 25 heavy (non-hydrogen) atoms. The maximum absolute atomic E-state index is 12.4. The lowest BCUT2D eigenvalue weighted by Crippen LogP contribution is -2.40. The van der Waals surface area contributed by atoms with Gasteiger partial charge in [-0.05, 0) is 31.5 Å². The van der Waals surface area contributed by atoms with Gasteiger partial charge in [0.05, 0.1) is 10.9 Å². The van der Waals surface area contributed by atoms with Crippen LogP contribution in [0.4, 0.5) is 0 Å². The molecule has 0 bridgehead atoms. The number of rotatable bonds is 3. The molecule has 1 aromatic carbocycles. The summed E-state index contributed by atoms with van der Waals surface area (Å²) >= 11 is 0. The monoisotopic (exact) mass is 338 g/mol. The zero-order valence-corrected chi connectivity index (χ0v) is 13.8. The fraction of sp³-hybridized carbons (Fsp3) is 0.222. The van der Waals surface area contributed by atoms with Crippen molar-refractivity contribution in [2.45, 2.75) is 26.3 Å². The number of aryl methyl sites for hydroxylation is 1. The van der Waals surface area contributed by atoms with E-state index in [2.05, 4.69) is 15.8 Å². The van der Waals surface area contributed by atoms with E-state index in [1.807, 2.05) is 6.92 Å². The molecule has 2 aromatic rings. The van der Waals surface area contributed by atoms with Crippen LogP contribution >= 0.6 is 0 Å². The van der Waals surface area contributed by atoms with Crippen LogP contribution in [0.5, 0.6) is 0 Å². The van der Waals surface area contributed by atoms with Gasteiger partial charge < -0.3 is 0 Å². The first-order valence-corrected chi connectivity index (χ1v) is 8.03. The van der Waals surface area contributed by atoms with Gasteiger partial charge in [-0.25, -0.2) is 4.98 Å². The second-order valence-corrected chi connectivity index (χ2v) is 5.65. The van der Waals surface area contributed by atoms with Crippen molar-refractivity contribution in [2.24, 2.45) is 0 Å². The number of carbonyl (C=O) groups excluding carboxylic acids is 2. The van der Waals surface area contributed by atoms with Gasteiger partial charge >= 0.3 is 0 Å². The number of hydrogen-bond acceptors (Lipinski definition) is 4. The lowest BCUT2D eigenvalue weighted by molar-refractivity contribution is -0.117. The third-order valence-electron chi connectivity index (χ3n) is 3.93. The second kappa shape index (κ2) is 7.12. The highest BCUT2D eigenvalue weighted by molar-refractivity contribution is 5.99. The van der Waals surface area contributed by atoms with Gasteiger partial charge in [0.1, 0.15) is 5.82 Å². The van der Waals surface area contributed by atoms with E-state index in [0.29, 0.717) is 23.0 Å². The molecule has 2 heterocycles. The fourth-order valence-corrected chi connectivity index (χ4v) is 2.71. The molecule has 2 N–H and O–H groups in total. The number of allylic oxidation sites excluding steroid dienone is 3. The van der Waals surface area contributed by atoms with Crippen molar-refractivity contribution >= 4 is 22.7 Å². The molecule has 0 unspecified atom stereocenters. The van der Waals surface area contributed by atoms with Crippen molar-refractivity contribution < 1.29 is 9.59 Å². The Labute approximate surface area is 144 Å². The van der Waals surface area contributed by atoms with E-state index < -0.39 is 11.8 Å². The minimum absolute atomic E-state index is 0.0770. The van der Waals surface area contributed by atoms with Crippen molar-refractivity contribution in [3.63, 3.8) is 0 Å². The fourth-order valence-electron chi connectivity index (χ4n) is 2.71. The summed E-state index contributed by atoms with van der Waals surface area (Å²) in [5.74, 6) is -0.170. The molecule has 0 saturated heterocycles. The third kappa shape index (κ3) is 3.50. The molecular weight excluding hydrogens is 320 g/mol. The van der Waals surface area contributed by atoms with Crippen LogP contribution in [0, 0.1) is 0 Å². The smallest absolute Gasteiger partial charge is 0.269 e. The Balaban J connectivity index is 1.77. The molecule has 0 atom stereocenters. The highest BCUT2D eigenvalue weighted by Gasteiger charge is 2.17. The van der Waals surface area contributed by atoms with Crippen LogP contribution in [0.1, 0.15) is 29.5 Å². The predicted molar refractivity (Wildman–Crippen MR) is 93.9 cm³/mol. The standard InChI is InChI=1S/C18H18N4O3/c1-2-3-4-7-16(23)20-21-17(24)12-8-9-13-14(11-12)19-15-6-5-10-22(15)18(13)25/h2-4,7-9,11H,5-6,10H2,1H3,(H,20,23)(H,21,24)/b3-2+,7-4+. The van der Waals surface area contributed by atoms with Gasteiger partial charge in [-0.2, -0.15) is 0 Å². The topological polar surface area (TPSA) is 93.1 Å². The third-order valence-corrected chi connectivity index (χ3v) is 3.93. The Morgan fingerprint density at radius 2 is 2.08 bits per heavy atom. The number of nitrogens with zero attached hydrogens (tertiary/aromatic N) is 2. The highest BCUT2D eigenvalue weighted by atomic mass is 16.2. The van der Waals surface area contributed by atoms with Gasteiger partial charge in [0.25, 0.3) is 17.4 Å². The van der Waals surface area contributed by atoms with E-state index in [4.69, 9.17) is 0 Å². The summed E-state index contributed by atoms with van der Waals surface area (Å²) in [4.78, 5) is 40.6. The van der Waals surface area contributed by atoms with E-state index in [1.54, 1.807) is 41.0 Å².